The van der Waals surface area contributed by atoms with Gasteiger partial charge in [0.1, 0.15) is 5.69 Å². The Hall–Kier alpha value is -1.58. The maximum atomic E-state index is 11.7. The Morgan fingerprint density at radius 1 is 1.67 bits per heavy atom. The molecule has 0 aliphatic heterocycles. The highest BCUT2D eigenvalue weighted by atomic mass is 16.5. The van der Waals surface area contributed by atoms with Crippen LogP contribution in [0.3, 0.4) is 0 Å². The Bertz CT molecular complexity index is 380. The molecule has 0 unspecified atom stereocenters. The number of carbonyl (C=O) groups is 1. The molecule has 1 rings (SSSR count). The predicted molar refractivity (Wildman–Crippen MR) is 57.7 cm³/mol. The highest BCUT2D eigenvalue weighted by molar-refractivity contribution is 5.96. The number of rotatable bonds is 5. The van der Waals surface area contributed by atoms with Gasteiger partial charge in [0.05, 0.1) is 25.1 Å². The van der Waals surface area contributed by atoms with Gasteiger partial charge in [0.25, 0.3) is 0 Å². The van der Waals surface area contributed by atoms with Gasteiger partial charge in [-0.2, -0.15) is 0 Å². The van der Waals surface area contributed by atoms with Crippen molar-refractivity contribution in [1.29, 1.82) is 0 Å². The van der Waals surface area contributed by atoms with E-state index in [1.165, 1.54) is 0 Å². The van der Waals surface area contributed by atoms with E-state index in [1.54, 1.807) is 6.33 Å². The SMILES string of the molecule is C=C(CC(=O)c1ncn(C)c1C)OCC. The first-order valence-corrected chi connectivity index (χ1v) is 4.88. The van der Waals surface area contributed by atoms with Gasteiger partial charge in [-0.15, -0.1) is 0 Å². The Balaban J connectivity index is 2.69. The molecule has 0 saturated heterocycles. The summed E-state index contributed by atoms with van der Waals surface area (Å²) in [6.45, 7) is 7.93. The molecular formula is C11H16N2O2. The van der Waals surface area contributed by atoms with E-state index < -0.39 is 0 Å². The van der Waals surface area contributed by atoms with Crippen LogP contribution in [0.15, 0.2) is 18.7 Å². The van der Waals surface area contributed by atoms with E-state index in [4.69, 9.17) is 4.74 Å². The van der Waals surface area contributed by atoms with E-state index in [-0.39, 0.29) is 12.2 Å². The van der Waals surface area contributed by atoms with Crippen LogP contribution in [0.2, 0.25) is 0 Å². The Kier molecular flexibility index (Phi) is 3.66. The number of hydrogen-bond donors (Lipinski definition) is 0. The average molecular weight is 208 g/mol. The minimum absolute atomic E-state index is 0.0495. The number of hydrogen-bond acceptors (Lipinski definition) is 3. The van der Waals surface area contributed by atoms with Crippen LogP contribution in [0.1, 0.15) is 29.5 Å². The lowest BCUT2D eigenvalue weighted by Gasteiger charge is -2.05. The summed E-state index contributed by atoms with van der Waals surface area (Å²) < 4.78 is 6.95. The molecule has 0 saturated carbocycles. The fraction of sp³-hybridized carbons (Fsp3) is 0.455. The zero-order valence-electron chi connectivity index (χ0n) is 9.41. The highest BCUT2D eigenvalue weighted by Crippen LogP contribution is 2.11. The van der Waals surface area contributed by atoms with Crippen molar-refractivity contribution in [2.24, 2.45) is 7.05 Å². The minimum atomic E-state index is -0.0495. The minimum Gasteiger partial charge on any atom is -0.498 e. The van der Waals surface area contributed by atoms with E-state index in [0.29, 0.717) is 18.1 Å². The third kappa shape index (κ3) is 2.68. The van der Waals surface area contributed by atoms with Gasteiger partial charge in [-0.05, 0) is 13.8 Å². The van der Waals surface area contributed by atoms with Crippen LogP contribution in [0.5, 0.6) is 0 Å². The second kappa shape index (κ2) is 4.77. The summed E-state index contributed by atoms with van der Waals surface area (Å²) in [5.41, 5.74) is 1.36. The lowest BCUT2D eigenvalue weighted by molar-refractivity contribution is 0.0960. The summed E-state index contributed by atoms with van der Waals surface area (Å²) in [6.07, 6.45) is 1.83. The molecule has 0 atom stereocenters. The van der Waals surface area contributed by atoms with Crippen molar-refractivity contribution >= 4 is 5.78 Å². The topological polar surface area (TPSA) is 44.1 Å². The third-order valence-corrected chi connectivity index (χ3v) is 2.20. The molecule has 0 N–H and O–H groups in total. The highest BCUT2D eigenvalue weighted by Gasteiger charge is 2.14. The molecule has 0 amide bonds. The number of ketones is 1. The Labute approximate surface area is 89.6 Å². The van der Waals surface area contributed by atoms with Crippen molar-refractivity contribution in [3.63, 3.8) is 0 Å². The molecule has 0 aromatic carbocycles. The van der Waals surface area contributed by atoms with Gasteiger partial charge in [0, 0.05) is 12.7 Å². The van der Waals surface area contributed by atoms with E-state index in [0.717, 1.165) is 5.69 Å². The molecule has 0 fully saturated rings. The molecule has 0 bridgehead atoms. The van der Waals surface area contributed by atoms with Gasteiger partial charge in [-0.1, -0.05) is 6.58 Å². The van der Waals surface area contributed by atoms with Crippen molar-refractivity contribution < 1.29 is 9.53 Å². The van der Waals surface area contributed by atoms with Gasteiger partial charge < -0.3 is 9.30 Å². The maximum Gasteiger partial charge on any atom is 0.190 e. The van der Waals surface area contributed by atoms with Gasteiger partial charge in [-0.3, -0.25) is 4.79 Å². The molecule has 1 aromatic heterocycles. The summed E-state index contributed by atoms with van der Waals surface area (Å²) in [5.74, 6) is 0.444. The number of nitrogens with zero attached hydrogens (tertiary/aromatic N) is 2. The lowest BCUT2D eigenvalue weighted by atomic mass is 10.1. The number of aryl methyl sites for hydroxylation is 1. The maximum absolute atomic E-state index is 11.7. The molecule has 15 heavy (non-hydrogen) atoms. The molecule has 82 valence electrons. The van der Waals surface area contributed by atoms with Crippen molar-refractivity contribution in [3.8, 4) is 0 Å². The molecule has 1 aromatic rings. The standard InChI is InChI=1S/C11H16N2O2/c1-5-15-8(2)6-10(14)11-9(3)13(4)7-12-11/h7H,2,5-6H2,1,3-4H3. The van der Waals surface area contributed by atoms with Crippen LogP contribution >= 0.6 is 0 Å². The normalized spacial score (nSPS) is 10.1. The quantitative estimate of drug-likeness (QED) is 0.548. The molecule has 4 nitrogen and oxygen atoms in total. The summed E-state index contributed by atoms with van der Waals surface area (Å²) >= 11 is 0. The predicted octanol–water partition coefficient (Wildman–Crippen LogP) is 1.85. The van der Waals surface area contributed by atoms with Gasteiger partial charge >= 0.3 is 0 Å². The molecule has 0 aliphatic carbocycles. The summed E-state index contributed by atoms with van der Waals surface area (Å²) in [4.78, 5) is 15.8. The monoisotopic (exact) mass is 208 g/mol. The van der Waals surface area contributed by atoms with Crippen LogP contribution < -0.4 is 0 Å². The fourth-order valence-electron chi connectivity index (χ4n) is 1.28. The molecular weight excluding hydrogens is 192 g/mol. The number of carbonyl (C=O) groups excluding carboxylic acids is 1. The zero-order valence-corrected chi connectivity index (χ0v) is 9.41. The van der Waals surface area contributed by atoms with Crippen molar-refractivity contribution in [2.45, 2.75) is 20.3 Å². The second-order valence-electron chi connectivity index (χ2n) is 3.36. The van der Waals surface area contributed by atoms with Crippen molar-refractivity contribution in [3.05, 3.63) is 30.1 Å². The number of Topliss-reactive ketones (excluding diaryl/α,β-unsaturated/α-hetero) is 1. The summed E-state index contributed by atoms with van der Waals surface area (Å²) in [6, 6.07) is 0. The number of allylic oxidation sites excluding steroid dienone is 1. The van der Waals surface area contributed by atoms with Crippen molar-refractivity contribution in [2.75, 3.05) is 6.61 Å². The first-order valence-electron chi connectivity index (χ1n) is 4.88. The van der Waals surface area contributed by atoms with Crippen molar-refractivity contribution in [1.82, 2.24) is 9.55 Å². The summed E-state index contributed by atoms with van der Waals surface area (Å²) in [7, 11) is 1.86. The number of aromatic nitrogens is 2. The molecule has 4 heteroatoms. The van der Waals surface area contributed by atoms with Gasteiger partial charge in [-0.25, -0.2) is 4.98 Å². The first-order chi connectivity index (χ1) is 7.06. The largest absolute Gasteiger partial charge is 0.498 e. The lowest BCUT2D eigenvalue weighted by Crippen LogP contribution is -2.05. The van der Waals surface area contributed by atoms with Crippen LogP contribution in [-0.2, 0) is 11.8 Å². The van der Waals surface area contributed by atoms with E-state index in [1.807, 2.05) is 25.5 Å². The summed E-state index contributed by atoms with van der Waals surface area (Å²) in [5, 5.41) is 0. The molecule has 1 heterocycles. The molecule has 0 radical (unpaired) electrons. The average Bonchev–Trinajstić information content (AvgIpc) is 2.48. The second-order valence-corrected chi connectivity index (χ2v) is 3.36. The Morgan fingerprint density at radius 2 is 2.33 bits per heavy atom. The van der Waals surface area contributed by atoms with Crippen LogP contribution in [-0.4, -0.2) is 21.9 Å². The number of ether oxygens (including phenoxy) is 1. The molecule has 0 aliphatic rings. The van der Waals surface area contributed by atoms with Gasteiger partial charge in [0.15, 0.2) is 5.78 Å². The van der Waals surface area contributed by atoms with Gasteiger partial charge in [0.2, 0.25) is 0 Å². The Morgan fingerprint density at radius 3 is 2.80 bits per heavy atom. The van der Waals surface area contributed by atoms with E-state index >= 15 is 0 Å². The van der Waals surface area contributed by atoms with Crippen LogP contribution in [0.4, 0.5) is 0 Å². The first kappa shape index (κ1) is 11.5. The van der Waals surface area contributed by atoms with E-state index in [9.17, 15) is 4.79 Å². The fourth-order valence-corrected chi connectivity index (χ4v) is 1.28. The molecule has 0 spiro atoms. The number of imidazole rings is 1. The zero-order chi connectivity index (χ0) is 11.4. The van der Waals surface area contributed by atoms with Crippen LogP contribution in [0.25, 0.3) is 0 Å². The van der Waals surface area contributed by atoms with Crippen LogP contribution in [0, 0.1) is 6.92 Å². The van der Waals surface area contributed by atoms with E-state index in [2.05, 4.69) is 11.6 Å². The third-order valence-electron chi connectivity index (χ3n) is 2.20. The smallest absolute Gasteiger partial charge is 0.190 e.